The van der Waals surface area contributed by atoms with Gasteiger partial charge >= 0.3 is 0 Å². The molecule has 0 saturated carbocycles. The van der Waals surface area contributed by atoms with Gasteiger partial charge in [0.1, 0.15) is 11.5 Å². The molecule has 6 rings (SSSR count). The molecule has 1 saturated heterocycles. The molecular weight excluding hydrogens is 346 g/mol. The first-order chi connectivity index (χ1) is 13.7. The Bertz CT molecular complexity index is 1030. The number of hydrogen-bond donors (Lipinski definition) is 0. The first-order valence-electron chi connectivity index (χ1n) is 9.68. The third kappa shape index (κ3) is 3.49. The smallest absolute Gasteiger partial charge is 0.193 e. The van der Waals surface area contributed by atoms with Crippen molar-refractivity contribution in [2.45, 2.75) is 6.92 Å². The molecule has 2 aliphatic carbocycles. The van der Waals surface area contributed by atoms with Crippen LogP contribution >= 0.6 is 0 Å². The van der Waals surface area contributed by atoms with E-state index < -0.39 is 0 Å². The number of terminal acetylenes is 1. The van der Waals surface area contributed by atoms with E-state index in [-0.39, 0.29) is 5.78 Å². The zero-order valence-electron chi connectivity index (χ0n) is 16.1. The molecule has 2 bridgehead atoms. The van der Waals surface area contributed by atoms with Crippen LogP contribution in [-0.4, -0.2) is 48.4 Å². The number of carbonyl (C=O) groups is 1. The standard InChI is InChI=1S/C17H19N3.C7H4O/c1-3-15-13-14-7-5-6-8-16(14)17(18-15)20-11-9-19(4-2)10-12-20;8-7-5-2-1-3-6(7)4-5/h1,5-8,13H,4,9-12H2,2H3;1-4H. The Morgan fingerprint density at radius 3 is 2.29 bits per heavy atom. The molecule has 1 aromatic heterocycles. The van der Waals surface area contributed by atoms with Gasteiger partial charge in [-0.2, -0.15) is 0 Å². The van der Waals surface area contributed by atoms with Gasteiger partial charge in [-0.1, -0.05) is 55.3 Å². The monoisotopic (exact) mass is 369 g/mol. The molecule has 0 spiro atoms. The number of anilines is 1. The zero-order valence-corrected chi connectivity index (χ0v) is 16.1. The molecular formula is C24H23N3O. The van der Waals surface area contributed by atoms with E-state index >= 15 is 0 Å². The Kier molecular flexibility index (Phi) is 5.10. The Morgan fingerprint density at radius 1 is 1.00 bits per heavy atom. The van der Waals surface area contributed by atoms with E-state index in [0.717, 1.165) is 55.4 Å². The average molecular weight is 369 g/mol. The molecule has 0 radical (unpaired) electrons. The quantitative estimate of drug-likeness (QED) is 0.506. The first-order valence-corrected chi connectivity index (χ1v) is 9.68. The fourth-order valence-corrected chi connectivity index (χ4v) is 3.66. The van der Waals surface area contributed by atoms with Crippen LogP contribution in [-0.2, 0) is 0 Å². The summed E-state index contributed by atoms with van der Waals surface area (Å²) in [5.74, 6) is 3.91. The molecule has 28 heavy (non-hydrogen) atoms. The highest BCUT2D eigenvalue weighted by atomic mass is 16.1. The highest BCUT2D eigenvalue weighted by Gasteiger charge is 2.19. The number of carbonyl (C=O) groups excluding carboxylic acids is 1. The number of aromatic nitrogens is 1. The van der Waals surface area contributed by atoms with Gasteiger partial charge in [0.05, 0.1) is 0 Å². The number of hydrogen-bond acceptors (Lipinski definition) is 4. The van der Waals surface area contributed by atoms with Crippen LogP contribution in [0.2, 0.25) is 0 Å². The largest absolute Gasteiger partial charge is 0.353 e. The van der Waals surface area contributed by atoms with E-state index in [1.165, 1.54) is 10.8 Å². The van der Waals surface area contributed by atoms with E-state index in [2.05, 4.69) is 45.8 Å². The lowest BCUT2D eigenvalue weighted by Gasteiger charge is -2.35. The molecule has 0 N–H and O–H groups in total. The maximum absolute atomic E-state index is 10.7. The normalized spacial score (nSPS) is 15.4. The van der Waals surface area contributed by atoms with Crippen molar-refractivity contribution in [1.29, 1.82) is 0 Å². The Hall–Kier alpha value is -3.16. The third-order valence-electron chi connectivity index (χ3n) is 5.37. The van der Waals surface area contributed by atoms with Gasteiger partial charge in [-0.05, 0) is 24.1 Å². The van der Waals surface area contributed by atoms with Crippen LogP contribution < -0.4 is 4.90 Å². The average Bonchev–Trinajstić information content (AvgIpc) is 2.79. The summed E-state index contributed by atoms with van der Waals surface area (Å²) >= 11 is 0. The van der Waals surface area contributed by atoms with Gasteiger partial charge in [0.2, 0.25) is 0 Å². The summed E-state index contributed by atoms with van der Waals surface area (Å²) in [6.45, 7) is 7.53. The second-order valence-corrected chi connectivity index (χ2v) is 7.03. The molecule has 140 valence electrons. The highest BCUT2D eigenvalue weighted by molar-refractivity contribution is 6.16. The van der Waals surface area contributed by atoms with Crippen molar-refractivity contribution in [1.82, 2.24) is 9.88 Å². The predicted octanol–water partition coefficient (Wildman–Crippen LogP) is 3.59. The van der Waals surface area contributed by atoms with E-state index in [1.807, 2.05) is 36.4 Å². The number of nitrogens with zero attached hydrogens (tertiary/aromatic N) is 3. The molecule has 2 heterocycles. The van der Waals surface area contributed by atoms with Crippen molar-refractivity contribution < 1.29 is 4.79 Å². The fraction of sp³-hybridized carbons (Fsp3) is 0.250. The second-order valence-electron chi connectivity index (χ2n) is 7.03. The minimum absolute atomic E-state index is 0.201. The van der Waals surface area contributed by atoms with Crippen LogP contribution in [0.25, 0.3) is 10.8 Å². The SMILES string of the molecule is C#Cc1cc2ccccc2c(N2CCN(CC)CC2)n1.O=C1c2cccc1c2. The molecule has 3 aromatic rings. The van der Waals surface area contributed by atoms with Crippen molar-refractivity contribution in [2.24, 2.45) is 0 Å². The van der Waals surface area contributed by atoms with E-state index in [0.29, 0.717) is 0 Å². The number of likely N-dealkylation sites (N-methyl/N-ethyl adjacent to an activating group) is 1. The van der Waals surface area contributed by atoms with Crippen molar-refractivity contribution in [3.63, 3.8) is 0 Å². The number of fused-ring (bicyclic) bond motifs is 3. The van der Waals surface area contributed by atoms with Gasteiger partial charge in [0.15, 0.2) is 5.78 Å². The maximum atomic E-state index is 10.7. The van der Waals surface area contributed by atoms with Crippen LogP contribution in [0.1, 0.15) is 28.5 Å². The summed E-state index contributed by atoms with van der Waals surface area (Å²) in [4.78, 5) is 20.1. The maximum Gasteiger partial charge on any atom is 0.193 e. The van der Waals surface area contributed by atoms with Crippen LogP contribution in [0.5, 0.6) is 0 Å². The Morgan fingerprint density at radius 2 is 1.71 bits per heavy atom. The van der Waals surface area contributed by atoms with Crippen LogP contribution in [0.15, 0.2) is 54.6 Å². The lowest BCUT2D eigenvalue weighted by Crippen LogP contribution is -2.46. The second kappa shape index (κ2) is 7.84. The van der Waals surface area contributed by atoms with E-state index in [1.54, 1.807) is 0 Å². The van der Waals surface area contributed by atoms with Crippen LogP contribution in [0.3, 0.4) is 0 Å². The number of ketones is 1. The fourth-order valence-electron chi connectivity index (χ4n) is 3.66. The molecule has 0 amide bonds. The van der Waals surface area contributed by atoms with Gasteiger partial charge in [0, 0.05) is 42.7 Å². The molecule has 4 heteroatoms. The summed E-state index contributed by atoms with van der Waals surface area (Å²) in [6.07, 6.45) is 5.54. The van der Waals surface area contributed by atoms with Crippen LogP contribution in [0, 0.1) is 12.3 Å². The van der Waals surface area contributed by atoms with Crippen molar-refractivity contribution in [3.8, 4) is 12.3 Å². The predicted molar refractivity (Wildman–Crippen MR) is 114 cm³/mol. The number of benzene rings is 2. The molecule has 3 aliphatic rings. The molecule has 0 atom stereocenters. The summed E-state index contributed by atoms with van der Waals surface area (Å²) in [5, 5.41) is 2.36. The molecule has 2 aromatic carbocycles. The first kappa shape index (κ1) is 18.2. The van der Waals surface area contributed by atoms with Gasteiger partial charge in [-0.15, -0.1) is 6.42 Å². The number of rotatable bonds is 2. The van der Waals surface area contributed by atoms with Crippen LogP contribution in [0.4, 0.5) is 5.82 Å². The molecule has 1 aliphatic heterocycles. The minimum Gasteiger partial charge on any atom is -0.353 e. The van der Waals surface area contributed by atoms with Crippen molar-refractivity contribution >= 4 is 22.4 Å². The lowest BCUT2D eigenvalue weighted by atomic mass is 9.92. The summed E-state index contributed by atoms with van der Waals surface area (Å²) in [7, 11) is 0. The lowest BCUT2D eigenvalue weighted by molar-refractivity contribution is 0.102. The van der Waals surface area contributed by atoms with E-state index in [9.17, 15) is 4.79 Å². The number of piperazine rings is 1. The van der Waals surface area contributed by atoms with Crippen molar-refractivity contribution in [3.05, 3.63) is 71.4 Å². The summed E-state index contributed by atoms with van der Waals surface area (Å²) in [6, 6.07) is 17.8. The van der Waals surface area contributed by atoms with Gasteiger partial charge in [0.25, 0.3) is 0 Å². The van der Waals surface area contributed by atoms with Gasteiger partial charge < -0.3 is 9.80 Å². The highest BCUT2D eigenvalue weighted by Crippen LogP contribution is 2.26. The van der Waals surface area contributed by atoms with Crippen molar-refractivity contribution in [2.75, 3.05) is 37.6 Å². The molecule has 0 unspecified atom stereocenters. The Balaban J connectivity index is 0.000000198. The summed E-state index contributed by atoms with van der Waals surface area (Å²) < 4.78 is 0. The van der Waals surface area contributed by atoms with E-state index in [4.69, 9.17) is 6.42 Å². The zero-order chi connectivity index (χ0) is 19.5. The minimum atomic E-state index is 0.201. The van der Waals surface area contributed by atoms with Gasteiger partial charge in [-0.25, -0.2) is 4.98 Å². The summed E-state index contributed by atoms with van der Waals surface area (Å²) in [5.41, 5.74) is 2.42. The number of pyridine rings is 1. The molecule has 1 fully saturated rings. The molecule has 4 nitrogen and oxygen atoms in total. The van der Waals surface area contributed by atoms with Gasteiger partial charge in [-0.3, -0.25) is 4.79 Å². The Labute approximate surface area is 165 Å². The topological polar surface area (TPSA) is 36.4 Å². The third-order valence-corrected chi connectivity index (χ3v) is 5.37.